The molecule has 0 saturated carbocycles. The summed E-state index contributed by atoms with van der Waals surface area (Å²) in [7, 11) is 2.72. The maximum Gasteiger partial charge on any atom is 0.416 e. The first-order valence-corrected chi connectivity index (χ1v) is 15.0. The number of nitrogens with one attached hydrogen (secondary N) is 1. The van der Waals surface area contributed by atoms with Gasteiger partial charge in [0.2, 0.25) is 17.7 Å². The summed E-state index contributed by atoms with van der Waals surface area (Å²) >= 11 is 0. The van der Waals surface area contributed by atoms with E-state index in [-0.39, 0.29) is 54.7 Å². The number of carbonyl (C=O) groups excluding carboxylic acids is 4. The number of likely N-dealkylation sites (N-methyl/N-ethyl adjacent to an activating group) is 2. The minimum absolute atomic E-state index is 0.00141. The van der Waals surface area contributed by atoms with Gasteiger partial charge in [0.15, 0.2) is 5.84 Å². The van der Waals surface area contributed by atoms with E-state index in [1.165, 1.54) is 43.0 Å². The highest BCUT2D eigenvalue weighted by atomic mass is 19.4. The molecule has 2 aromatic rings. The van der Waals surface area contributed by atoms with Crippen LogP contribution in [0, 0.1) is 18.7 Å². The summed E-state index contributed by atoms with van der Waals surface area (Å²) < 4.78 is 61.2. The van der Waals surface area contributed by atoms with Crippen molar-refractivity contribution in [2.24, 2.45) is 11.1 Å². The molecule has 13 nitrogen and oxygen atoms in total. The number of ether oxygens (including phenoxy) is 1. The molecule has 4 rings (SSSR count). The minimum atomic E-state index is -4.71. The van der Waals surface area contributed by atoms with Crippen molar-refractivity contribution in [2.45, 2.75) is 58.4 Å². The normalized spacial score (nSPS) is 17.2. The van der Waals surface area contributed by atoms with Crippen LogP contribution in [0.5, 0.6) is 0 Å². The molecule has 2 aliphatic heterocycles. The van der Waals surface area contributed by atoms with Gasteiger partial charge < -0.3 is 30.0 Å². The van der Waals surface area contributed by atoms with Crippen LogP contribution in [0.15, 0.2) is 35.5 Å². The molecule has 0 spiro atoms. The van der Waals surface area contributed by atoms with Crippen LogP contribution < -0.4 is 20.0 Å². The van der Waals surface area contributed by atoms with E-state index in [2.05, 4.69) is 15.5 Å². The lowest BCUT2D eigenvalue weighted by molar-refractivity contribution is -0.137. The fraction of sp³-hybridized carbons (Fsp3) is 0.484. The zero-order valence-corrected chi connectivity index (χ0v) is 27.3. The zero-order chi connectivity index (χ0) is 35.7. The molecule has 260 valence electrons. The van der Waals surface area contributed by atoms with Crippen molar-refractivity contribution in [1.82, 2.24) is 15.2 Å². The Hall–Kier alpha value is -4.96. The fourth-order valence-electron chi connectivity index (χ4n) is 5.45. The summed E-state index contributed by atoms with van der Waals surface area (Å²) in [6.45, 7) is 6.30. The van der Waals surface area contributed by atoms with Crippen LogP contribution in [0.25, 0.3) is 0 Å². The Morgan fingerprint density at radius 1 is 1.15 bits per heavy atom. The Bertz CT molecular complexity index is 1620. The van der Waals surface area contributed by atoms with Crippen molar-refractivity contribution in [3.05, 3.63) is 47.4 Å². The van der Waals surface area contributed by atoms with Crippen molar-refractivity contribution in [3.63, 3.8) is 0 Å². The molecule has 0 radical (unpaired) electrons. The SMILES string of the molecule is Cc1cc(C(F)(F)F)cc(N2C(=O)CCC2C(=O)N(C)c2cccc(F)c2N(C)CC(=O)N/C(=N\O)C2CN(C(=O)OC(C)(C)C)C2)n1. The molecule has 0 aliphatic carbocycles. The van der Waals surface area contributed by atoms with E-state index in [1.54, 1.807) is 20.8 Å². The summed E-state index contributed by atoms with van der Waals surface area (Å²) in [6, 6.07) is 4.18. The van der Waals surface area contributed by atoms with Crippen LogP contribution >= 0.6 is 0 Å². The number of rotatable bonds is 7. The molecule has 1 aromatic heterocycles. The number of likely N-dealkylation sites (tertiary alicyclic amines) is 1. The third-order valence-electron chi connectivity index (χ3n) is 7.73. The monoisotopic (exact) mass is 679 g/mol. The average molecular weight is 680 g/mol. The zero-order valence-electron chi connectivity index (χ0n) is 27.3. The van der Waals surface area contributed by atoms with E-state index >= 15 is 4.39 Å². The van der Waals surface area contributed by atoms with Gasteiger partial charge in [0.1, 0.15) is 23.3 Å². The molecule has 0 bridgehead atoms. The second-order valence-corrected chi connectivity index (χ2v) is 12.6. The van der Waals surface area contributed by atoms with Crippen LogP contribution in [-0.2, 0) is 25.3 Å². The molecule has 1 aromatic carbocycles. The number of amides is 4. The summed E-state index contributed by atoms with van der Waals surface area (Å²) in [6.07, 6.45) is -5.41. The van der Waals surface area contributed by atoms with Crippen molar-refractivity contribution >= 4 is 46.8 Å². The molecule has 1 atom stereocenters. The molecule has 3 heterocycles. The number of pyridine rings is 1. The molecular formula is C31H37F4N7O6. The average Bonchev–Trinajstić information content (AvgIpc) is 3.34. The summed E-state index contributed by atoms with van der Waals surface area (Å²) in [4.78, 5) is 60.5. The molecule has 2 fully saturated rings. The van der Waals surface area contributed by atoms with Gasteiger partial charge >= 0.3 is 12.3 Å². The molecule has 48 heavy (non-hydrogen) atoms. The summed E-state index contributed by atoms with van der Waals surface area (Å²) in [5, 5.41) is 15.1. The van der Waals surface area contributed by atoms with Crippen molar-refractivity contribution in [3.8, 4) is 0 Å². The van der Waals surface area contributed by atoms with E-state index in [9.17, 15) is 37.6 Å². The Morgan fingerprint density at radius 3 is 2.42 bits per heavy atom. The minimum Gasteiger partial charge on any atom is -0.444 e. The fourth-order valence-corrected chi connectivity index (χ4v) is 5.45. The van der Waals surface area contributed by atoms with Gasteiger partial charge in [-0.1, -0.05) is 11.2 Å². The third kappa shape index (κ3) is 7.94. The maximum atomic E-state index is 15.3. The largest absolute Gasteiger partial charge is 0.444 e. The molecule has 4 amide bonds. The first-order chi connectivity index (χ1) is 22.3. The number of benzene rings is 1. The van der Waals surface area contributed by atoms with Gasteiger partial charge in [-0.25, -0.2) is 14.2 Å². The van der Waals surface area contributed by atoms with Gasteiger partial charge in [-0.3, -0.25) is 19.3 Å². The Kier molecular flexibility index (Phi) is 10.2. The number of carbonyl (C=O) groups is 4. The molecular weight excluding hydrogens is 642 g/mol. The number of alkyl halides is 3. The van der Waals surface area contributed by atoms with Crippen molar-refractivity contribution in [2.75, 3.05) is 48.4 Å². The van der Waals surface area contributed by atoms with Gasteiger partial charge in [-0.15, -0.1) is 0 Å². The number of hydrogen-bond donors (Lipinski definition) is 2. The lowest BCUT2D eigenvalue weighted by atomic mass is 9.99. The van der Waals surface area contributed by atoms with Crippen LogP contribution in [0.4, 0.5) is 39.5 Å². The third-order valence-corrected chi connectivity index (χ3v) is 7.73. The Morgan fingerprint density at radius 2 is 1.81 bits per heavy atom. The number of nitrogens with zero attached hydrogens (tertiary/aromatic N) is 6. The standard InChI is InChI=1S/C31H37F4N7O6/c1-17-12-19(31(33,34)35)13-23(36-17)42-22(10-11-25(42)44)28(45)40(6)21-9-7-8-20(32)26(21)39(5)16-24(43)37-27(38-47)18-14-41(15-18)29(46)48-30(2,3)4/h7-9,12-13,18,22,47H,10-11,14-16H2,1-6H3,(H,37,38,43). The smallest absolute Gasteiger partial charge is 0.416 e. The van der Waals surface area contributed by atoms with Crippen molar-refractivity contribution < 1.29 is 46.7 Å². The van der Waals surface area contributed by atoms with Crippen molar-refractivity contribution in [1.29, 1.82) is 0 Å². The maximum absolute atomic E-state index is 15.3. The number of oxime groups is 1. The summed E-state index contributed by atoms with van der Waals surface area (Å²) in [5.74, 6) is -3.70. The molecule has 2 aliphatic rings. The number of aryl methyl sites for hydroxylation is 1. The van der Waals surface area contributed by atoms with E-state index < -0.39 is 65.5 Å². The van der Waals surface area contributed by atoms with E-state index in [0.29, 0.717) is 6.07 Å². The predicted molar refractivity (Wildman–Crippen MR) is 166 cm³/mol. The van der Waals surface area contributed by atoms with Gasteiger partial charge in [-0.2, -0.15) is 13.2 Å². The number of hydrogen-bond acceptors (Lipinski definition) is 9. The first kappa shape index (κ1) is 35.9. The molecule has 2 N–H and O–H groups in total. The van der Waals surface area contributed by atoms with Gasteiger partial charge in [0.05, 0.1) is 29.4 Å². The highest BCUT2D eigenvalue weighted by Crippen LogP contribution is 2.36. The van der Waals surface area contributed by atoms with Crippen LogP contribution in [-0.4, -0.2) is 90.1 Å². The van der Waals surface area contributed by atoms with Gasteiger partial charge in [-0.05, 0) is 58.4 Å². The van der Waals surface area contributed by atoms with E-state index in [4.69, 9.17) is 4.74 Å². The van der Waals surface area contributed by atoms with Crippen LogP contribution in [0.1, 0.15) is 44.9 Å². The topological polar surface area (TPSA) is 148 Å². The second kappa shape index (κ2) is 13.6. The first-order valence-electron chi connectivity index (χ1n) is 15.0. The number of amidine groups is 1. The highest BCUT2D eigenvalue weighted by Gasteiger charge is 2.42. The van der Waals surface area contributed by atoms with Crippen LogP contribution in [0.2, 0.25) is 0 Å². The van der Waals surface area contributed by atoms with Gasteiger partial charge in [0, 0.05) is 39.3 Å². The lowest BCUT2D eigenvalue weighted by Gasteiger charge is -2.39. The molecule has 17 heteroatoms. The molecule has 2 saturated heterocycles. The number of aromatic nitrogens is 1. The van der Waals surface area contributed by atoms with E-state index in [1.807, 2.05) is 0 Å². The second-order valence-electron chi connectivity index (χ2n) is 12.6. The predicted octanol–water partition coefficient (Wildman–Crippen LogP) is 3.91. The number of halogens is 4. The van der Waals surface area contributed by atoms with E-state index in [0.717, 1.165) is 21.9 Å². The summed E-state index contributed by atoms with van der Waals surface area (Å²) in [5.41, 5.74) is -1.87. The quantitative estimate of drug-likeness (QED) is 0.147. The Labute approximate surface area is 274 Å². The van der Waals surface area contributed by atoms with Gasteiger partial charge in [0.25, 0.3) is 0 Å². The lowest BCUT2D eigenvalue weighted by Crippen LogP contribution is -2.57. The number of anilines is 3. The number of para-hydroxylation sites is 1. The Balaban J connectivity index is 1.48. The highest BCUT2D eigenvalue weighted by molar-refractivity contribution is 6.09. The van der Waals surface area contributed by atoms with Crippen LogP contribution in [0.3, 0.4) is 0 Å². The molecule has 1 unspecified atom stereocenters.